The Kier molecular flexibility index (Phi) is 3.61. The molecule has 0 fully saturated rings. The van der Waals surface area contributed by atoms with Gasteiger partial charge in [-0.25, -0.2) is 14.5 Å². The first-order valence-electron chi connectivity index (χ1n) is 8.96. The topological polar surface area (TPSA) is 70.1 Å². The zero-order valence-corrected chi connectivity index (χ0v) is 15.8. The van der Waals surface area contributed by atoms with Crippen molar-refractivity contribution in [2.75, 3.05) is 7.11 Å². The van der Waals surface area contributed by atoms with Gasteiger partial charge in [-0.05, 0) is 43.7 Å². The van der Waals surface area contributed by atoms with Crippen LogP contribution in [-0.4, -0.2) is 36.2 Å². The number of rotatable bonds is 3. The van der Waals surface area contributed by atoms with Crippen molar-refractivity contribution in [2.45, 2.75) is 13.8 Å². The first-order valence-corrected chi connectivity index (χ1v) is 8.96. The number of aromatic nitrogens is 6. The third-order valence-corrected chi connectivity index (χ3v) is 5.10. The van der Waals surface area contributed by atoms with Crippen LogP contribution in [0.25, 0.3) is 33.8 Å². The summed E-state index contributed by atoms with van der Waals surface area (Å²) in [5.74, 6) is 1.45. The average molecular weight is 370 g/mol. The van der Waals surface area contributed by atoms with E-state index >= 15 is 0 Å². The second-order valence-corrected chi connectivity index (χ2v) is 6.60. The van der Waals surface area contributed by atoms with Gasteiger partial charge in [-0.15, -0.1) is 5.10 Å². The first-order chi connectivity index (χ1) is 13.7. The molecule has 4 aromatic heterocycles. The molecule has 0 saturated heterocycles. The molecule has 0 aliphatic rings. The van der Waals surface area contributed by atoms with Crippen LogP contribution in [0.1, 0.15) is 11.3 Å². The van der Waals surface area contributed by atoms with Crippen LogP contribution in [0.5, 0.6) is 5.75 Å². The molecule has 0 N–H and O–H groups in total. The van der Waals surface area contributed by atoms with E-state index in [1.807, 2.05) is 36.4 Å². The van der Waals surface area contributed by atoms with Gasteiger partial charge in [0.15, 0.2) is 17.1 Å². The predicted octanol–water partition coefficient (Wildman–Crippen LogP) is 3.76. The molecule has 0 atom stereocenters. The van der Waals surface area contributed by atoms with Crippen molar-refractivity contribution < 1.29 is 4.74 Å². The Morgan fingerprint density at radius 1 is 0.964 bits per heavy atom. The number of fused-ring (bicyclic) bond motifs is 3. The minimum Gasteiger partial charge on any atom is -0.495 e. The number of aryl methyl sites for hydroxylation is 1. The van der Waals surface area contributed by atoms with Gasteiger partial charge in [-0.1, -0.05) is 12.1 Å². The van der Waals surface area contributed by atoms with Crippen molar-refractivity contribution in [1.29, 1.82) is 0 Å². The predicted molar refractivity (Wildman–Crippen MR) is 107 cm³/mol. The van der Waals surface area contributed by atoms with E-state index in [1.54, 1.807) is 30.3 Å². The van der Waals surface area contributed by atoms with Gasteiger partial charge >= 0.3 is 0 Å². The van der Waals surface area contributed by atoms with Crippen molar-refractivity contribution in [3.05, 3.63) is 66.4 Å². The van der Waals surface area contributed by atoms with E-state index in [0.717, 1.165) is 44.9 Å². The van der Waals surface area contributed by atoms with E-state index in [2.05, 4.69) is 28.5 Å². The maximum atomic E-state index is 5.57. The molecule has 1 aromatic carbocycles. The normalized spacial score (nSPS) is 11.4. The lowest BCUT2D eigenvalue weighted by Crippen LogP contribution is -2.01. The molecule has 0 aliphatic carbocycles. The molecule has 0 amide bonds. The number of ether oxygens (including phenoxy) is 1. The Hall–Kier alpha value is -3.74. The summed E-state index contributed by atoms with van der Waals surface area (Å²) in [7, 11) is 1.68. The fourth-order valence-corrected chi connectivity index (χ4v) is 3.59. The summed E-state index contributed by atoms with van der Waals surface area (Å²) in [6.07, 6.45) is 5.19. The van der Waals surface area contributed by atoms with E-state index in [9.17, 15) is 0 Å². The lowest BCUT2D eigenvalue weighted by molar-refractivity contribution is 0.413. The van der Waals surface area contributed by atoms with Crippen LogP contribution in [-0.2, 0) is 0 Å². The Morgan fingerprint density at radius 2 is 1.75 bits per heavy atom. The molecule has 0 radical (unpaired) electrons. The van der Waals surface area contributed by atoms with Crippen LogP contribution in [0.15, 0.2) is 55.1 Å². The lowest BCUT2D eigenvalue weighted by Gasteiger charge is -2.12. The summed E-state index contributed by atoms with van der Waals surface area (Å²) in [4.78, 5) is 13.6. The number of para-hydroxylation sites is 2. The fraction of sp³-hybridized carbons (Fsp3) is 0.143. The number of hydrogen-bond acceptors (Lipinski definition) is 5. The first kappa shape index (κ1) is 16.4. The number of benzene rings is 1. The van der Waals surface area contributed by atoms with Crippen molar-refractivity contribution in [3.8, 4) is 22.8 Å². The third kappa shape index (κ3) is 2.29. The van der Waals surface area contributed by atoms with E-state index < -0.39 is 0 Å². The highest BCUT2D eigenvalue weighted by molar-refractivity contribution is 5.95. The molecule has 0 saturated carbocycles. The molecule has 5 rings (SSSR count). The molecule has 0 aliphatic heterocycles. The second-order valence-electron chi connectivity index (χ2n) is 6.60. The molecular weight excluding hydrogens is 352 g/mol. The minimum absolute atomic E-state index is 0.652. The Balaban J connectivity index is 1.82. The van der Waals surface area contributed by atoms with Crippen LogP contribution >= 0.6 is 0 Å². The van der Waals surface area contributed by atoms with Gasteiger partial charge in [0.2, 0.25) is 0 Å². The van der Waals surface area contributed by atoms with Gasteiger partial charge in [0.05, 0.1) is 18.2 Å². The van der Waals surface area contributed by atoms with Gasteiger partial charge in [0.25, 0.3) is 0 Å². The molecule has 0 bridgehead atoms. The maximum Gasteiger partial charge on any atom is 0.182 e. The van der Waals surface area contributed by atoms with Crippen LogP contribution < -0.4 is 4.74 Å². The molecule has 28 heavy (non-hydrogen) atoms. The van der Waals surface area contributed by atoms with Gasteiger partial charge in [0, 0.05) is 23.7 Å². The van der Waals surface area contributed by atoms with Crippen molar-refractivity contribution in [2.24, 2.45) is 0 Å². The second kappa shape index (κ2) is 6.16. The smallest absolute Gasteiger partial charge is 0.182 e. The average Bonchev–Trinajstić information content (AvgIpc) is 3.28. The minimum atomic E-state index is 0.652. The number of hydrogen-bond donors (Lipinski definition) is 0. The van der Waals surface area contributed by atoms with E-state index in [4.69, 9.17) is 14.7 Å². The Labute approximate surface area is 161 Å². The summed E-state index contributed by atoms with van der Waals surface area (Å²) >= 11 is 0. The lowest BCUT2D eigenvalue weighted by atomic mass is 10.2. The molecule has 7 heteroatoms. The van der Waals surface area contributed by atoms with Crippen LogP contribution in [0.3, 0.4) is 0 Å². The molecule has 0 spiro atoms. The maximum absolute atomic E-state index is 5.57. The Bertz CT molecular complexity index is 1320. The van der Waals surface area contributed by atoms with E-state index in [1.165, 1.54) is 0 Å². The van der Waals surface area contributed by atoms with Gasteiger partial charge in [0.1, 0.15) is 12.1 Å². The molecule has 0 unspecified atom stereocenters. The summed E-state index contributed by atoms with van der Waals surface area (Å²) in [5.41, 5.74) is 5.70. The summed E-state index contributed by atoms with van der Waals surface area (Å²) in [6.45, 7) is 4.17. The Morgan fingerprint density at radius 3 is 2.54 bits per heavy atom. The van der Waals surface area contributed by atoms with Crippen molar-refractivity contribution >= 4 is 16.7 Å². The largest absolute Gasteiger partial charge is 0.495 e. The molecule has 5 aromatic rings. The van der Waals surface area contributed by atoms with Gasteiger partial charge < -0.3 is 4.74 Å². The number of pyridine rings is 1. The van der Waals surface area contributed by atoms with Gasteiger partial charge in [-0.3, -0.25) is 9.55 Å². The zero-order chi connectivity index (χ0) is 19.3. The van der Waals surface area contributed by atoms with Crippen LogP contribution in [0.4, 0.5) is 0 Å². The highest BCUT2D eigenvalue weighted by Crippen LogP contribution is 2.33. The zero-order valence-electron chi connectivity index (χ0n) is 15.8. The SMILES string of the molecule is COc1ccccc1-n1c(C)c(C)c2c1ncn1nc(-c3ccncc3)nc21. The summed E-state index contributed by atoms with van der Waals surface area (Å²) in [6, 6.07) is 11.7. The standard InChI is InChI=1S/C21H18N6O/c1-13-14(2)27(16-6-4-5-7-17(16)28-3)20-18(13)21-24-19(25-26(21)12-23-20)15-8-10-22-11-9-15/h4-12H,1-3H3. The van der Waals surface area contributed by atoms with Crippen molar-refractivity contribution in [1.82, 2.24) is 29.1 Å². The van der Waals surface area contributed by atoms with E-state index in [-0.39, 0.29) is 0 Å². The summed E-state index contributed by atoms with van der Waals surface area (Å²) < 4.78 is 9.42. The van der Waals surface area contributed by atoms with Crippen molar-refractivity contribution in [3.63, 3.8) is 0 Å². The van der Waals surface area contributed by atoms with Crippen LogP contribution in [0, 0.1) is 13.8 Å². The highest BCUT2D eigenvalue weighted by Gasteiger charge is 2.20. The quantitative estimate of drug-likeness (QED) is 0.484. The van der Waals surface area contributed by atoms with Gasteiger partial charge in [-0.2, -0.15) is 0 Å². The summed E-state index contributed by atoms with van der Waals surface area (Å²) in [5, 5.41) is 5.59. The fourth-order valence-electron chi connectivity index (χ4n) is 3.59. The third-order valence-electron chi connectivity index (χ3n) is 5.10. The molecular formula is C21H18N6O. The number of nitrogens with zero attached hydrogens (tertiary/aromatic N) is 6. The number of methoxy groups -OCH3 is 1. The monoisotopic (exact) mass is 370 g/mol. The highest BCUT2D eigenvalue weighted by atomic mass is 16.5. The molecule has 4 heterocycles. The van der Waals surface area contributed by atoms with Crippen LogP contribution in [0.2, 0.25) is 0 Å². The molecule has 138 valence electrons. The van der Waals surface area contributed by atoms with E-state index in [0.29, 0.717) is 5.82 Å². The molecule has 7 nitrogen and oxygen atoms in total.